The molecule has 3 rings (SSSR count). The summed E-state index contributed by atoms with van der Waals surface area (Å²) < 4.78 is 32.1. The van der Waals surface area contributed by atoms with Crippen molar-refractivity contribution >= 4 is 33.6 Å². The Kier molecular flexibility index (Phi) is 6.15. The molecule has 0 radical (unpaired) electrons. The fraction of sp³-hybridized carbons (Fsp3) is 0.211. The summed E-state index contributed by atoms with van der Waals surface area (Å²) in [4.78, 5) is 12.0. The van der Waals surface area contributed by atoms with Gasteiger partial charge in [0.1, 0.15) is 5.75 Å². The van der Waals surface area contributed by atoms with Gasteiger partial charge in [0, 0.05) is 30.6 Å². The van der Waals surface area contributed by atoms with Gasteiger partial charge in [-0.15, -0.1) is 0 Å². The van der Waals surface area contributed by atoms with Gasteiger partial charge in [-0.1, -0.05) is 23.7 Å². The van der Waals surface area contributed by atoms with Crippen molar-refractivity contribution < 1.29 is 17.9 Å². The monoisotopic (exact) mass is 406 g/mol. The van der Waals surface area contributed by atoms with Crippen molar-refractivity contribution in [3.8, 4) is 5.75 Å². The van der Waals surface area contributed by atoms with Gasteiger partial charge in [0.2, 0.25) is 15.9 Å². The van der Waals surface area contributed by atoms with Crippen molar-refractivity contribution in [3.05, 3.63) is 64.7 Å². The molecular formula is C19H19ClN2O4S. The lowest BCUT2D eigenvalue weighted by atomic mass is 10.1. The molecule has 1 aliphatic heterocycles. The fourth-order valence-electron chi connectivity index (χ4n) is 2.63. The second-order valence-electron chi connectivity index (χ2n) is 5.95. The summed E-state index contributed by atoms with van der Waals surface area (Å²) in [6.45, 7) is 0.930. The number of sulfonamides is 1. The summed E-state index contributed by atoms with van der Waals surface area (Å²) in [5.41, 5.74) is 2.05. The molecule has 8 heteroatoms. The predicted molar refractivity (Wildman–Crippen MR) is 104 cm³/mol. The van der Waals surface area contributed by atoms with Crippen LogP contribution in [-0.2, 0) is 21.2 Å². The first-order valence-corrected chi connectivity index (χ1v) is 10.3. The van der Waals surface area contributed by atoms with E-state index in [0.717, 1.165) is 23.3 Å². The number of carbonyl (C=O) groups excluding carboxylic acids is 1. The topological polar surface area (TPSA) is 84.5 Å². The van der Waals surface area contributed by atoms with E-state index in [1.54, 1.807) is 18.2 Å². The maximum absolute atomic E-state index is 12.1. The van der Waals surface area contributed by atoms with E-state index in [1.807, 2.05) is 18.2 Å². The highest BCUT2D eigenvalue weighted by atomic mass is 35.5. The molecule has 0 unspecified atom stereocenters. The van der Waals surface area contributed by atoms with E-state index in [-0.39, 0.29) is 23.9 Å². The maximum atomic E-state index is 12.1. The molecule has 0 saturated carbocycles. The van der Waals surface area contributed by atoms with Crippen LogP contribution >= 0.6 is 11.6 Å². The maximum Gasteiger partial charge on any atom is 0.244 e. The summed E-state index contributed by atoms with van der Waals surface area (Å²) in [5, 5.41) is 2.98. The first-order chi connectivity index (χ1) is 12.9. The Labute approximate surface area is 163 Å². The largest absolute Gasteiger partial charge is 0.493 e. The van der Waals surface area contributed by atoms with Crippen LogP contribution in [0.25, 0.3) is 6.08 Å². The molecule has 0 spiro atoms. The van der Waals surface area contributed by atoms with Crippen molar-refractivity contribution in [2.75, 3.05) is 19.7 Å². The lowest BCUT2D eigenvalue weighted by molar-refractivity contribution is -0.116. The van der Waals surface area contributed by atoms with Crippen LogP contribution in [0, 0.1) is 0 Å². The smallest absolute Gasteiger partial charge is 0.244 e. The molecule has 2 aromatic carbocycles. The van der Waals surface area contributed by atoms with E-state index in [1.165, 1.54) is 18.2 Å². The molecule has 1 heterocycles. The Bertz CT molecular complexity index is 973. The molecule has 0 bridgehead atoms. The van der Waals surface area contributed by atoms with E-state index < -0.39 is 10.0 Å². The van der Waals surface area contributed by atoms with Gasteiger partial charge in [-0.25, -0.2) is 13.1 Å². The van der Waals surface area contributed by atoms with Crippen LogP contribution in [0.15, 0.2) is 53.4 Å². The molecule has 0 saturated heterocycles. The van der Waals surface area contributed by atoms with E-state index in [9.17, 15) is 13.2 Å². The second kappa shape index (κ2) is 8.56. The third-order valence-corrected chi connectivity index (χ3v) is 5.66. The van der Waals surface area contributed by atoms with Crippen molar-refractivity contribution in [3.63, 3.8) is 0 Å². The molecular weight excluding hydrogens is 388 g/mol. The average molecular weight is 407 g/mol. The molecule has 6 nitrogen and oxygen atoms in total. The second-order valence-corrected chi connectivity index (χ2v) is 8.15. The number of hydrogen-bond acceptors (Lipinski definition) is 4. The molecule has 2 aromatic rings. The van der Waals surface area contributed by atoms with Crippen LogP contribution in [0.4, 0.5) is 0 Å². The Balaban J connectivity index is 1.45. The number of halogens is 1. The summed E-state index contributed by atoms with van der Waals surface area (Å²) in [5.74, 6) is 0.595. The number of benzene rings is 2. The minimum absolute atomic E-state index is 0.0740. The number of carbonyl (C=O) groups is 1. The summed E-state index contributed by atoms with van der Waals surface area (Å²) in [7, 11) is -3.66. The minimum Gasteiger partial charge on any atom is -0.493 e. The molecule has 27 heavy (non-hydrogen) atoms. The Morgan fingerprint density at radius 1 is 1.19 bits per heavy atom. The summed E-state index contributed by atoms with van der Waals surface area (Å²) in [6, 6.07) is 11.8. The van der Waals surface area contributed by atoms with Gasteiger partial charge in [0.15, 0.2) is 0 Å². The molecule has 0 fully saturated rings. The lowest BCUT2D eigenvalue weighted by Gasteiger charge is -2.07. The molecule has 1 aliphatic rings. The van der Waals surface area contributed by atoms with Crippen LogP contribution < -0.4 is 14.8 Å². The average Bonchev–Trinajstić information content (AvgIpc) is 3.11. The van der Waals surface area contributed by atoms with Crippen molar-refractivity contribution in [1.82, 2.24) is 10.0 Å². The molecule has 1 amide bonds. The normalized spacial score (nSPS) is 13.4. The number of hydrogen-bond donors (Lipinski definition) is 2. The van der Waals surface area contributed by atoms with Gasteiger partial charge in [-0.05, 0) is 47.5 Å². The van der Waals surface area contributed by atoms with Gasteiger partial charge >= 0.3 is 0 Å². The van der Waals surface area contributed by atoms with Crippen LogP contribution in [0.1, 0.15) is 11.1 Å². The highest BCUT2D eigenvalue weighted by Gasteiger charge is 2.13. The molecule has 0 atom stereocenters. The third kappa shape index (κ3) is 5.32. The van der Waals surface area contributed by atoms with Crippen LogP contribution in [0.5, 0.6) is 5.75 Å². The molecule has 0 aliphatic carbocycles. The zero-order chi connectivity index (χ0) is 19.3. The third-order valence-electron chi connectivity index (χ3n) is 3.96. The van der Waals surface area contributed by atoms with E-state index in [4.69, 9.17) is 16.3 Å². The van der Waals surface area contributed by atoms with E-state index >= 15 is 0 Å². The SMILES string of the molecule is O=C(/C=C/c1ccc2c(c1)CCO2)NCCNS(=O)(=O)c1cccc(Cl)c1. The van der Waals surface area contributed by atoms with Gasteiger partial charge in [-0.2, -0.15) is 0 Å². The number of rotatable bonds is 7. The Morgan fingerprint density at radius 2 is 2.04 bits per heavy atom. The van der Waals surface area contributed by atoms with Crippen LogP contribution in [0.2, 0.25) is 5.02 Å². The zero-order valence-electron chi connectivity index (χ0n) is 14.4. The molecule has 2 N–H and O–H groups in total. The van der Waals surface area contributed by atoms with Gasteiger partial charge in [0.25, 0.3) is 0 Å². The van der Waals surface area contributed by atoms with E-state index in [0.29, 0.717) is 11.6 Å². The van der Waals surface area contributed by atoms with Crippen molar-refractivity contribution in [1.29, 1.82) is 0 Å². The number of ether oxygens (including phenoxy) is 1. The van der Waals surface area contributed by atoms with Crippen LogP contribution in [-0.4, -0.2) is 34.0 Å². The fourth-order valence-corrected chi connectivity index (χ4v) is 3.96. The Morgan fingerprint density at radius 3 is 2.85 bits per heavy atom. The van der Waals surface area contributed by atoms with Crippen molar-refractivity contribution in [2.45, 2.75) is 11.3 Å². The minimum atomic E-state index is -3.66. The number of nitrogens with one attached hydrogen (secondary N) is 2. The van der Waals surface area contributed by atoms with Gasteiger partial charge in [-0.3, -0.25) is 4.79 Å². The quantitative estimate of drug-likeness (QED) is 0.546. The zero-order valence-corrected chi connectivity index (χ0v) is 16.0. The molecule has 142 valence electrons. The Hall–Kier alpha value is -2.35. The first kappa shape index (κ1) is 19.4. The highest BCUT2D eigenvalue weighted by Crippen LogP contribution is 2.26. The standard InChI is InChI=1S/C19H19ClN2O4S/c20-16-2-1-3-17(13-16)27(24,25)22-10-9-21-19(23)7-5-14-4-6-18-15(12-14)8-11-26-18/h1-7,12-13,22H,8-11H2,(H,21,23)/b7-5+. The predicted octanol–water partition coefficient (Wildman–Crippen LogP) is 2.38. The van der Waals surface area contributed by atoms with E-state index in [2.05, 4.69) is 10.0 Å². The van der Waals surface area contributed by atoms with Crippen molar-refractivity contribution in [2.24, 2.45) is 0 Å². The first-order valence-electron chi connectivity index (χ1n) is 8.41. The lowest BCUT2D eigenvalue weighted by Crippen LogP contribution is -2.34. The number of fused-ring (bicyclic) bond motifs is 1. The van der Waals surface area contributed by atoms with Crippen LogP contribution in [0.3, 0.4) is 0 Å². The summed E-state index contributed by atoms with van der Waals surface area (Å²) >= 11 is 5.81. The number of amides is 1. The highest BCUT2D eigenvalue weighted by molar-refractivity contribution is 7.89. The van der Waals surface area contributed by atoms with Gasteiger partial charge < -0.3 is 10.1 Å². The van der Waals surface area contributed by atoms with Gasteiger partial charge in [0.05, 0.1) is 11.5 Å². The molecule has 0 aromatic heterocycles. The summed E-state index contributed by atoms with van der Waals surface area (Å²) in [6.07, 6.45) is 4.00.